The van der Waals surface area contributed by atoms with E-state index in [1.807, 2.05) is 6.07 Å². The standard InChI is InChI=1S/C13H17N3O3/c1-9-6-11(8-12(7-9)16(18)19)14-5-4-13(17)15-10-2-3-10/h6-8,10,14H,2-5H2,1H3,(H,15,17). The third-order valence-corrected chi connectivity index (χ3v) is 2.90. The number of aryl methyl sites for hydroxylation is 1. The SMILES string of the molecule is Cc1cc(NCCC(=O)NC2CC2)cc([N+](=O)[O-])c1. The van der Waals surface area contributed by atoms with E-state index in [0.29, 0.717) is 24.7 Å². The minimum absolute atomic E-state index is 0.0251. The molecule has 0 heterocycles. The van der Waals surface area contributed by atoms with Gasteiger partial charge in [-0.1, -0.05) is 0 Å². The molecular formula is C13H17N3O3. The number of hydrogen-bond acceptors (Lipinski definition) is 4. The fourth-order valence-electron chi connectivity index (χ4n) is 1.82. The predicted octanol–water partition coefficient (Wildman–Crippen LogP) is 1.98. The van der Waals surface area contributed by atoms with Gasteiger partial charge in [-0.05, 0) is 31.4 Å². The van der Waals surface area contributed by atoms with Crippen molar-refractivity contribution >= 4 is 17.3 Å². The zero-order valence-electron chi connectivity index (χ0n) is 10.8. The summed E-state index contributed by atoms with van der Waals surface area (Å²) in [6, 6.07) is 5.19. The number of nitro benzene ring substituents is 1. The average Bonchev–Trinajstić information content (AvgIpc) is 3.12. The molecule has 1 saturated carbocycles. The minimum Gasteiger partial charge on any atom is -0.384 e. The van der Waals surface area contributed by atoms with E-state index in [1.54, 1.807) is 6.92 Å². The van der Waals surface area contributed by atoms with Crippen LogP contribution in [0.4, 0.5) is 11.4 Å². The average molecular weight is 263 g/mol. The number of hydrogen-bond donors (Lipinski definition) is 2. The predicted molar refractivity (Wildman–Crippen MR) is 72.1 cm³/mol. The van der Waals surface area contributed by atoms with E-state index in [1.165, 1.54) is 12.1 Å². The first-order valence-corrected chi connectivity index (χ1v) is 6.34. The lowest BCUT2D eigenvalue weighted by Gasteiger charge is -2.07. The number of carbonyl (C=O) groups is 1. The Kier molecular flexibility index (Phi) is 3.99. The summed E-state index contributed by atoms with van der Waals surface area (Å²) in [5.74, 6) is 0.0251. The van der Waals surface area contributed by atoms with Crippen LogP contribution in [-0.4, -0.2) is 23.4 Å². The Morgan fingerprint density at radius 2 is 2.16 bits per heavy atom. The van der Waals surface area contributed by atoms with Gasteiger partial charge in [-0.15, -0.1) is 0 Å². The monoisotopic (exact) mass is 263 g/mol. The lowest BCUT2D eigenvalue weighted by atomic mass is 10.2. The topological polar surface area (TPSA) is 84.3 Å². The van der Waals surface area contributed by atoms with E-state index in [0.717, 1.165) is 18.4 Å². The minimum atomic E-state index is -0.419. The molecule has 1 fully saturated rings. The molecule has 2 N–H and O–H groups in total. The van der Waals surface area contributed by atoms with Crippen molar-refractivity contribution < 1.29 is 9.72 Å². The molecule has 1 aliphatic rings. The molecule has 0 spiro atoms. The van der Waals surface area contributed by atoms with Gasteiger partial charge in [0.25, 0.3) is 5.69 Å². The summed E-state index contributed by atoms with van der Waals surface area (Å²) in [6.45, 7) is 2.27. The third-order valence-electron chi connectivity index (χ3n) is 2.90. The molecule has 2 rings (SSSR count). The molecule has 0 bridgehead atoms. The van der Waals surface area contributed by atoms with Gasteiger partial charge in [0.1, 0.15) is 0 Å². The van der Waals surface area contributed by atoms with Gasteiger partial charge in [-0.25, -0.2) is 0 Å². The summed E-state index contributed by atoms with van der Waals surface area (Å²) in [5, 5.41) is 16.7. The zero-order valence-corrected chi connectivity index (χ0v) is 10.8. The molecule has 0 saturated heterocycles. The van der Waals surface area contributed by atoms with Crippen LogP contribution in [0.3, 0.4) is 0 Å². The fourth-order valence-corrected chi connectivity index (χ4v) is 1.82. The summed E-state index contributed by atoms with van der Waals surface area (Å²) >= 11 is 0. The number of nitrogens with one attached hydrogen (secondary N) is 2. The summed E-state index contributed by atoms with van der Waals surface area (Å²) in [4.78, 5) is 21.8. The van der Waals surface area contributed by atoms with Crippen molar-refractivity contribution in [3.05, 3.63) is 33.9 Å². The highest BCUT2D eigenvalue weighted by Crippen LogP contribution is 2.20. The van der Waals surface area contributed by atoms with Crippen molar-refractivity contribution in [1.29, 1.82) is 0 Å². The highest BCUT2D eigenvalue weighted by molar-refractivity contribution is 5.77. The largest absolute Gasteiger partial charge is 0.384 e. The molecule has 6 nitrogen and oxygen atoms in total. The first kappa shape index (κ1) is 13.3. The second-order valence-corrected chi connectivity index (χ2v) is 4.83. The van der Waals surface area contributed by atoms with Crippen LogP contribution in [0.5, 0.6) is 0 Å². The molecule has 0 aliphatic heterocycles. The molecule has 102 valence electrons. The smallest absolute Gasteiger partial charge is 0.271 e. The number of benzene rings is 1. The lowest BCUT2D eigenvalue weighted by molar-refractivity contribution is -0.384. The van der Waals surface area contributed by atoms with Gasteiger partial charge < -0.3 is 10.6 Å². The second kappa shape index (κ2) is 5.69. The second-order valence-electron chi connectivity index (χ2n) is 4.83. The van der Waals surface area contributed by atoms with Crippen LogP contribution >= 0.6 is 0 Å². The van der Waals surface area contributed by atoms with Gasteiger partial charge in [-0.2, -0.15) is 0 Å². The lowest BCUT2D eigenvalue weighted by Crippen LogP contribution is -2.27. The van der Waals surface area contributed by atoms with Crippen molar-refractivity contribution in [2.75, 3.05) is 11.9 Å². The summed E-state index contributed by atoms with van der Waals surface area (Å²) in [5.41, 5.74) is 1.55. The molecule has 6 heteroatoms. The number of non-ortho nitro benzene ring substituents is 1. The zero-order chi connectivity index (χ0) is 13.8. The molecule has 0 aromatic heterocycles. The van der Waals surface area contributed by atoms with Crippen LogP contribution < -0.4 is 10.6 Å². The van der Waals surface area contributed by atoms with Crippen LogP contribution in [0.2, 0.25) is 0 Å². The van der Waals surface area contributed by atoms with E-state index >= 15 is 0 Å². The highest BCUT2D eigenvalue weighted by Gasteiger charge is 2.22. The normalized spacial score (nSPS) is 13.9. The Morgan fingerprint density at radius 3 is 2.79 bits per heavy atom. The van der Waals surface area contributed by atoms with Crippen molar-refractivity contribution in [2.24, 2.45) is 0 Å². The molecular weight excluding hydrogens is 246 g/mol. The first-order chi connectivity index (χ1) is 9.04. The molecule has 0 radical (unpaired) electrons. The van der Waals surface area contributed by atoms with Crippen LogP contribution in [0, 0.1) is 17.0 Å². The van der Waals surface area contributed by atoms with Crippen LogP contribution in [0.1, 0.15) is 24.8 Å². The van der Waals surface area contributed by atoms with E-state index in [2.05, 4.69) is 10.6 Å². The maximum absolute atomic E-state index is 11.5. The Hall–Kier alpha value is -2.11. The molecule has 1 aromatic rings. The molecule has 1 amide bonds. The van der Waals surface area contributed by atoms with E-state index < -0.39 is 4.92 Å². The third kappa shape index (κ3) is 4.24. The van der Waals surface area contributed by atoms with Gasteiger partial charge in [-0.3, -0.25) is 14.9 Å². The van der Waals surface area contributed by atoms with Crippen LogP contribution in [0.15, 0.2) is 18.2 Å². The molecule has 1 aromatic carbocycles. The van der Waals surface area contributed by atoms with E-state index in [-0.39, 0.29) is 11.6 Å². The number of amides is 1. The number of nitrogens with zero attached hydrogens (tertiary/aromatic N) is 1. The van der Waals surface area contributed by atoms with Gasteiger partial charge in [0.2, 0.25) is 5.91 Å². The Bertz CT molecular complexity index is 498. The van der Waals surface area contributed by atoms with E-state index in [4.69, 9.17) is 0 Å². The number of nitro groups is 1. The molecule has 0 unspecified atom stereocenters. The van der Waals surface area contributed by atoms with Gasteiger partial charge in [0.15, 0.2) is 0 Å². The summed E-state index contributed by atoms with van der Waals surface area (Å²) in [7, 11) is 0. The molecule has 1 aliphatic carbocycles. The first-order valence-electron chi connectivity index (χ1n) is 6.34. The fraction of sp³-hybridized carbons (Fsp3) is 0.462. The maximum atomic E-state index is 11.5. The van der Waals surface area contributed by atoms with Crippen molar-refractivity contribution in [2.45, 2.75) is 32.2 Å². The Morgan fingerprint density at radius 1 is 1.42 bits per heavy atom. The maximum Gasteiger partial charge on any atom is 0.271 e. The molecule has 19 heavy (non-hydrogen) atoms. The van der Waals surface area contributed by atoms with Gasteiger partial charge >= 0.3 is 0 Å². The van der Waals surface area contributed by atoms with Crippen LogP contribution in [0.25, 0.3) is 0 Å². The van der Waals surface area contributed by atoms with Crippen molar-refractivity contribution in [1.82, 2.24) is 5.32 Å². The van der Waals surface area contributed by atoms with E-state index in [9.17, 15) is 14.9 Å². The van der Waals surface area contributed by atoms with Gasteiger partial charge in [0, 0.05) is 36.8 Å². The van der Waals surface area contributed by atoms with Crippen molar-refractivity contribution in [3.8, 4) is 0 Å². The number of anilines is 1. The Labute approximate surface area is 111 Å². The summed E-state index contributed by atoms with van der Waals surface area (Å²) in [6.07, 6.45) is 2.52. The van der Waals surface area contributed by atoms with Crippen molar-refractivity contribution in [3.63, 3.8) is 0 Å². The number of carbonyl (C=O) groups excluding carboxylic acids is 1. The van der Waals surface area contributed by atoms with Crippen LogP contribution in [-0.2, 0) is 4.79 Å². The quantitative estimate of drug-likeness (QED) is 0.607. The number of rotatable bonds is 6. The summed E-state index contributed by atoms with van der Waals surface area (Å²) < 4.78 is 0. The highest BCUT2D eigenvalue weighted by atomic mass is 16.6. The molecule has 0 atom stereocenters. The van der Waals surface area contributed by atoms with Gasteiger partial charge in [0.05, 0.1) is 4.92 Å². The Balaban J connectivity index is 1.84.